The van der Waals surface area contributed by atoms with Gasteiger partial charge in [-0.05, 0) is 48.7 Å². The second-order valence-electron chi connectivity index (χ2n) is 6.67. The van der Waals surface area contributed by atoms with Crippen LogP contribution in [0.1, 0.15) is 18.4 Å². The number of nitrogens with one attached hydrogen (secondary N) is 2. The third-order valence-electron chi connectivity index (χ3n) is 4.66. The monoisotopic (exact) mass is 370 g/mol. The molecule has 4 aromatic rings. The lowest BCUT2D eigenvalue weighted by Gasteiger charge is -2.12. The highest BCUT2D eigenvalue weighted by Crippen LogP contribution is 2.29. The van der Waals surface area contributed by atoms with Gasteiger partial charge >= 0.3 is 0 Å². The van der Waals surface area contributed by atoms with Crippen LogP contribution in [0.25, 0.3) is 10.9 Å². The SMILES string of the molecule is O=C(CCCc1c[nH]c2ccccc12)Nc1ccccc1Oc1ccccc1. The van der Waals surface area contributed by atoms with E-state index in [1.165, 1.54) is 10.9 Å². The first kappa shape index (κ1) is 17.9. The van der Waals surface area contributed by atoms with Gasteiger partial charge in [0.1, 0.15) is 5.75 Å². The van der Waals surface area contributed by atoms with Gasteiger partial charge in [-0.1, -0.05) is 48.5 Å². The van der Waals surface area contributed by atoms with Gasteiger partial charge in [0.05, 0.1) is 5.69 Å². The zero-order valence-corrected chi connectivity index (χ0v) is 15.5. The highest BCUT2D eigenvalue weighted by Gasteiger charge is 2.09. The summed E-state index contributed by atoms with van der Waals surface area (Å²) in [4.78, 5) is 15.7. The maximum absolute atomic E-state index is 12.4. The number of ether oxygens (including phenoxy) is 1. The number of hydrogen-bond acceptors (Lipinski definition) is 2. The minimum atomic E-state index is -0.0102. The summed E-state index contributed by atoms with van der Waals surface area (Å²) in [5.41, 5.74) is 3.06. The Bertz CT molecular complexity index is 1070. The topological polar surface area (TPSA) is 54.1 Å². The average Bonchev–Trinajstić information content (AvgIpc) is 3.14. The van der Waals surface area contributed by atoms with Crippen molar-refractivity contribution in [2.75, 3.05) is 5.32 Å². The van der Waals surface area contributed by atoms with Crippen LogP contribution in [0.4, 0.5) is 5.69 Å². The second-order valence-corrected chi connectivity index (χ2v) is 6.67. The van der Waals surface area contributed by atoms with Crippen molar-refractivity contribution in [3.8, 4) is 11.5 Å². The van der Waals surface area contributed by atoms with Gasteiger partial charge in [0, 0.05) is 23.5 Å². The highest BCUT2D eigenvalue weighted by atomic mass is 16.5. The van der Waals surface area contributed by atoms with Gasteiger partial charge in [0.15, 0.2) is 5.75 Å². The Labute approximate surface area is 164 Å². The number of para-hydroxylation sites is 4. The molecule has 0 aliphatic heterocycles. The Kier molecular flexibility index (Phi) is 5.38. The molecule has 0 saturated carbocycles. The minimum absolute atomic E-state index is 0.0102. The number of carbonyl (C=O) groups is 1. The van der Waals surface area contributed by atoms with Crippen molar-refractivity contribution < 1.29 is 9.53 Å². The van der Waals surface area contributed by atoms with E-state index in [0.717, 1.165) is 24.1 Å². The van der Waals surface area contributed by atoms with Crippen molar-refractivity contribution in [1.29, 1.82) is 0 Å². The maximum atomic E-state index is 12.4. The van der Waals surface area contributed by atoms with E-state index in [-0.39, 0.29) is 5.91 Å². The predicted molar refractivity (Wildman–Crippen MR) is 113 cm³/mol. The van der Waals surface area contributed by atoms with Crippen molar-refractivity contribution in [3.05, 3.63) is 90.6 Å². The fourth-order valence-corrected chi connectivity index (χ4v) is 3.26. The summed E-state index contributed by atoms with van der Waals surface area (Å²) < 4.78 is 5.90. The smallest absolute Gasteiger partial charge is 0.224 e. The molecule has 3 aromatic carbocycles. The molecule has 1 heterocycles. The number of fused-ring (bicyclic) bond motifs is 1. The molecule has 0 aliphatic rings. The molecule has 0 fully saturated rings. The molecule has 0 atom stereocenters. The number of rotatable bonds is 7. The summed E-state index contributed by atoms with van der Waals surface area (Å²) in [6.45, 7) is 0. The van der Waals surface area contributed by atoms with E-state index >= 15 is 0 Å². The summed E-state index contributed by atoms with van der Waals surface area (Å²) in [7, 11) is 0. The molecular formula is C24H22N2O2. The largest absolute Gasteiger partial charge is 0.455 e. The van der Waals surface area contributed by atoms with Gasteiger partial charge in [-0.15, -0.1) is 0 Å². The number of hydrogen-bond donors (Lipinski definition) is 2. The average molecular weight is 370 g/mol. The number of aromatic amines is 1. The first-order valence-corrected chi connectivity index (χ1v) is 9.46. The Morgan fingerprint density at radius 2 is 1.64 bits per heavy atom. The fourth-order valence-electron chi connectivity index (χ4n) is 3.26. The van der Waals surface area contributed by atoms with Crippen LogP contribution in [0.5, 0.6) is 11.5 Å². The molecule has 1 aromatic heterocycles. The molecule has 1 amide bonds. The molecule has 4 heteroatoms. The van der Waals surface area contributed by atoms with Gasteiger partial charge in [-0.3, -0.25) is 4.79 Å². The maximum Gasteiger partial charge on any atom is 0.224 e. The molecule has 4 rings (SSSR count). The molecule has 140 valence electrons. The zero-order valence-electron chi connectivity index (χ0n) is 15.5. The number of aromatic nitrogens is 1. The van der Waals surface area contributed by atoms with Crippen molar-refractivity contribution in [2.45, 2.75) is 19.3 Å². The van der Waals surface area contributed by atoms with Gasteiger partial charge in [0.2, 0.25) is 5.91 Å². The van der Waals surface area contributed by atoms with Gasteiger partial charge in [0.25, 0.3) is 0 Å². The molecule has 2 N–H and O–H groups in total. The molecule has 0 aliphatic carbocycles. The Morgan fingerprint density at radius 3 is 2.54 bits per heavy atom. The van der Waals surface area contributed by atoms with E-state index in [2.05, 4.69) is 22.4 Å². The van der Waals surface area contributed by atoms with Crippen molar-refractivity contribution in [3.63, 3.8) is 0 Å². The van der Waals surface area contributed by atoms with E-state index in [0.29, 0.717) is 17.9 Å². The fraction of sp³-hybridized carbons (Fsp3) is 0.125. The van der Waals surface area contributed by atoms with Gasteiger partial charge in [-0.2, -0.15) is 0 Å². The van der Waals surface area contributed by atoms with Crippen molar-refractivity contribution in [2.24, 2.45) is 0 Å². The molecule has 0 unspecified atom stereocenters. The number of anilines is 1. The first-order chi connectivity index (χ1) is 13.8. The van der Waals surface area contributed by atoms with Gasteiger partial charge < -0.3 is 15.0 Å². The van der Waals surface area contributed by atoms with Crippen LogP contribution in [-0.2, 0) is 11.2 Å². The van der Waals surface area contributed by atoms with Crippen molar-refractivity contribution in [1.82, 2.24) is 4.98 Å². The van der Waals surface area contributed by atoms with Crippen LogP contribution in [0, 0.1) is 0 Å². The number of amides is 1. The third kappa shape index (κ3) is 4.23. The lowest BCUT2D eigenvalue weighted by atomic mass is 10.1. The molecule has 0 saturated heterocycles. The summed E-state index contributed by atoms with van der Waals surface area (Å²) in [6, 6.07) is 25.3. The molecule has 4 nitrogen and oxygen atoms in total. The summed E-state index contributed by atoms with van der Waals surface area (Å²) in [5.74, 6) is 1.37. The van der Waals surface area contributed by atoms with Crippen LogP contribution in [0.3, 0.4) is 0 Å². The summed E-state index contributed by atoms with van der Waals surface area (Å²) in [5, 5.41) is 4.20. The number of H-pyrrole nitrogens is 1. The van der Waals surface area contributed by atoms with E-state index in [1.807, 2.05) is 72.9 Å². The second kappa shape index (κ2) is 8.44. The summed E-state index contributed by atoms with van der Waals surface area (Å²) in [6.07, 6.45) is 4.14. The quantitative estimate of drug-likeness (QED) is 0.424. The normalized spacial score (nSPS) is 10.7. The third-order valence-corrected chi connectivity index (χ3v) is 4.66. The Hall–Kier alpha value is -3.53. The van der Waals surface area contributed by atoms with E-state index in [9.17, 15) is 4.79 Å². The van der Waals surface area contributed by atoms with E-state index in [1.54, 1.807) is 0 Å². The van der Waals surface area contributed by atoms with Crippen LogP contribution in [-0.4, -0.2) is 10.9 Å². The van der Waals surface area contributed by atoms with Crippen LogP contribution in [0.15, 0.2) is 85.1 Å². The zero-order chi connectivity index (χ0) is 19.2. The molecule has 0 bridgehead atoms. The summed E-state index contributed by atoms with van der Waals surface area (Å²) >= 11 is 0. The van der Waals surface area contributed by atoms with E-state index < -0.39 is 0 Å². The molecule has 28 heavy (non-hydrogen) atoms. The number of aryl methyl sites for hydroxylation is 1. The van der Waals surface area contributed by atoms with Crippen LogP contribution in [0.2, 0.25) is 0 Å². The van der Waals surface area contributed by atoms with Crippen molar-refractivity contribution >= 4 is 22.5 Å². The number of benzene rings is 3. The predicted octanol–water partition coefficient (Wildman–Crippen LogP) is 5.92. The Balaban J connectivity index is 1.35. The lowest BCUT2D eigenvalue weighted by molar-refractivity contribution is -0.116. The molecule has 0 radical (unpaired) electrons. The van der Waals surface area contributed by atoms with Crippen LogP contribution >= 0.6 is 0 Å². The van der Waals surface area contributed by atoms with E-state index in [4.69, 9.17) is 4.74 Å². The highest BCUT2D eigenvalue weighted by molar-refractivity contribution is 5.92. The minimum Gasteiger partial charge on any atom is -0.455 e. The van der Waals surface area contributed by atoms with Crippen LogP contribution < -0.4 is 10.1 Å². The number of carbonyl (C=O) groups excluding carboxylic acids is 1. The molecular weight excluding hydrogens is 348 g/mol. The first-order valence-electron chi connectivity index (χ1n) is 9.46. The van der Waals surface area contributed by atoms with Gasteiger partial charge in [-0.25, -0.2) is 0 Å². The molecule has 0 spiro atoms. The standard InChI is InChI=1S/C24H22N2O2/c27-24(16-8-9-18-17-25-21-13-5-4-12-20(18)21)26-22-14-6-7-15-23(22)28-19-10-2-1-3-11-19/h1-7,10-15,17,25H,8-9,16H2,(H,26,27). The lowest BCUT2D eigenvalue weighted by Crippen LogP contribution is -2.12. The Morgan fingerprint density at radius 1 is 0.893 bits per heavy atom.